The van der Waals surface area contributed by atoms with Gasteiger partial charge in [-0.1, -0.05) is 0 Å². The predicted octanol–water partition coefficient (Wildman–Crippen LogP) is -0.193. The highest BCUT2D eigenvalue weighted by molar-refractivity contribution is 5.04. The molecule has 3 unspecified atom stereocenters. The summed E-state index contributed by atoms with van der Waals surface area (Å²) in [6, 6.07) is 0.539. The van der Waals surface area contributed by atoms with Crippen LogP contribution in [0.3, 0.4) is 0 Å². The Balaban J connectivity index is 2.01. The van der Waals surface area contributed by atoms with Gasteiger partial charge in [0.2, 0.25) is 0 Å². The molecular formula is C12H21N5O. The number of aliphatic hydroxyl groups is 1. The molecular weight excluding hydrogens is 230 g/mol. The normalized spacial score (nSPS) is 28.2. The van der Waals surface area contributed by atoms with Gasteiger partial charge in [-0.25, -0.2) is 15.0 Å². The van der Waals surface area contributed by atoms with E-state index in [1.807, 2.05) is 0 Å². The first-order valence-corrected chi connectivity index (χ1v) is 6.53. The van der Waals surface area contributed by atoms with Crippen LogP contribution < -0.4 is 11.1 Å². The van der Waals surface area contributed by atoms with Crippen LogP contribution in [0.4, 0.5) is 0 Å². The lowest BCUT2D eigenvalue weighted by Gasteiger charge is -2.34. The maximum Gasteiger partial charge on any atom is 0.136 e. The molecule has 0 saturated heterocycles. The van der Waals surface area contributed by atoms with Gasteiger partial charge in [-0.3, -0.25) is 0 Å². The average molecular weight is 251 g/mol. The van der Waals surface area contributed by atoms with Gasteiger partial charge < -0.3 is 16.2 Å². The number of hydrogen-bond acceptors (Lipinski definition) is 6. The molecule has 4 N–H and O–H groups in total. The molecule has 0 bridgehead atoms. The fourth-order valence-corrected chi connectivity index (χ4v) is 2.54. The Labute approximate surface area is 107 Å². The van der Waals surface area contributed by atoms with E-state index >= 15 is 0 Å². The standard InChI is InChI=1S/C12H21N5O/c13-9-2-3-10(12-16-7-14-8-17-12)11(6-9)15-4-1-5-18/h7-11,15,18H,1-6,13H2. The molecule has 18 heavy (non-hydrogen) atoms. The first kappa shape index (κ1) is 13.3. The summed E-state index contributed by atoms with van der Waals surface area (Å²) in [7, 11) is 0. The summed E-state index contributed by atoms with van der Waals surface area (Å²) in [5.41, 5.74) is 6.03. The van der Waals surface area contributed by atoms with Crippen LogP contribution in [0, 0.1) is 0 Å². The van der Waals surface area contributed by atoms with Gasteiger partial charge in [0, 0.05) is 24.6 Å². The molecule has 1 aromatic rings. The van der Waals surface area contributed by atoms with Crippen molar-refractivity contribution in [3.63, 3.8) is 0 Å². The molecule has 1 aromatic heterocycles. The summed E-state index contributed by atoms with van der Waals surface area (Å²) in [5, 5.41) is 12.3. The fourth-order valence-electron chi connectivity index (χ4n) is 2.54. The predicted molar refractivity (Wildman–Crippen MR) is 67.9 cm³/mol. The number of nitrogens with two attached hydrogens (primary N) is 1. The Hall–Kier alpha value is -1.11. The van der Waals surface area contributed by atoms with Crippen molar-refractivity contribution in [2.45, 2.75) is 43.7 Å². The Kier molecular flexibility index (Phi) is 4.98. The van der Waals surface area contributed by atoms with Gasteiger partial charge >= 0.3 is 0 Å². The monoisotopic (exact) mass is 251 g/mol. The quantitative estimate of drug-likeness (QED) is 0.627. The van der Waals surface area contributed by atoms with Crippen molar-refractivity contribution in [3.05, 3.63) is 18.5 Å². The smallest absolute Gasteiger partial charge is 0.136 e. The van der Waals surface area contributed by atoms with Crippen LogP contribution >= 0.6 is 0 Å². The topological polar surface area (TPSA) is 97.0 Å². The number of aromatic nitrogens is 3. The van der Waals surface area contributed by atoms with Gasteiger partial charge in [0.15, 0.2) is 0 Å². The first-order valence-electron chi connectivity index (χ1n) is 6.53. The molecule has 0 spiro atoms. The van der Waals surface area contributed by atoms with E-state index in [9.17, 15) is 0 Å². The van der Waals surface area contributed by atoms with Crippen molar-refractivity contribution in [3.8, 4) is 0 Å². The van der Waals surface area contributed by atoms with E-state index in [0.717, 1.165) is 38.1 Å². The minimum atomic E-state index is 0.211. The molecule has 0 amide bonds. The van der Waals surface area contributed by atoms with Crippen molar-refractivity contribution in [2.75, 3.05) is 13.2 Å². The molecule has 6 nitrogen and oxygen atoms in total. The highest BCUT2D eigenvalue weighted by Gasteiger charge is 2.31. The van der Waals surface area contributed by atoms with Crippen molar-refractivity contribution < 1.29 is 5.11 Å². The number of nitrogens with zero attached hydrogens (tertiary/aromatic N) is 3. The van der Waals surface area contributed by atoms with E-state index < -0.39 is 0 Å². The Morgan fingerprint density at radius 2 is 2.11 bits per heavy atom. The second-order valence-corrected chi connectivity index (χ2v) is 4.81. The molecule has 100 valence electrons. The van der Waals surface area contributed by atoms with E-state index in [-0.39, 0.29) is 12.6 Å². The van der Waals surface area contributed by atoms with Crippen LogP contribution in [0.15, 0.2) is 12.7 Å². The van der Waals surface area contributed by atoms with E-state index in [2.05, 4.69) is 20.3 Å². The van der Waals surface area contributed by atoms with Gasteiger partial charge in [0.1, 0.15) is 18.5 Å². The van der Waals surface area contributed by atoms with E-state index in [1.165, 1.54) is 0 Å². The number of aliphatic hydroxyl groups excluding tert-OH is 1. The molecule has 2 rings (SSSR count). The zero-order valence-electron chi connectivity index (χ0n) is 10.5. The van der Waals surface area contributed by atoms with E-state index in [0.29, 0.717) is 12.0 Å². The summed E-state index contributed by atoms with van der Waals surface area (Å²) in [5.74, 6) is 1.14. The van der Waals surface area contributed by atoms with E-state index in [4.69, 9.17) is 10.8 Å². The van der Waals surface area contributed by atoms with Crippen LogP contribution in [0.25, 0.3) is 0 Å². The highest BCUT2D eigenvalue weighted by atomic mass is 16.3. The minimum Gasteiger partial charge on any atom is -0.396 e. The Morgan fingerprint density at radius 1 is 1.33 bits per heavy atom. The van der Waals surface area contributed by atoms with Crippen molar-refractivity contribution in [1.82, 2.24) is 20.3 Å². The number of hydrogen-bond donors (Lipinski definition) is 3. The van der Waals surface area contributed by atoms with Crippen LogP contribution in [-0.2, 0) is 0 Å². The molecule has 3 atom stereocenters. The molecule has 0 radical (unpaired) electrons. The molecule has 1 heterocycles. The van der Waals surface area contributed by atoms with Gasteiger partial charge in [0.05, 0.1) is 0 Å². The Bertz CT molecular complexity index is 348. The molecule has 1 saturated carbocycles. The SMILES string of the molecule is NC1CCC(c2ncncn2)C(NCCCO)C1. The lowest BCUT2D eigenvalue weighted by molar-refractivity contribution is 0.261. The summed E-state index contributed by atoms with van der Waals surface area (Å²) in [4.78, 5) is 12.4. The van der Waals surface area contributed by atoms with Gasteiger partial charge in [0.25, 0.3) is 0 Å². The molecule has 0 aromatic carbocycles. The number of rotatable bonds is 5. The fraction of sp³-hybridized carbons (Fsp3) is 0.750. The molecule has 1 fully saturated rings. The molecule has 1 aliphatic carbocycles. The third-order valence-corrected chi connectivity index (χ3v) is 3.48. The Morgan fingerprint density at radius 3 is 2.83 bits per heavy atom. The van der Waals surface area contributed by atoms with Crippen LogP contribution in [0.1, 0.15) is 37.4 Å². The van der Waals surface area contributed by atoms with Crippen LogP contribution in [-0.4, -0.2) is 45.3 Å². The first-order chi connectivity index (χ1) is 8.81. The van der Waals surface area contributed by atoms with Crippen molar-refractivity contribution >= 4 is 0 Å². The summed E-state index contributed by atoms with van der Waals surface area (Å²) in [6.07, 6.45) is 6.79. The second-order valence-electron chi connectivity index (χ2n) is 4.81. The summed E-state index contributed by atoms with van der Waals surface area (Å²) < 4.78 is 0. The summed E-state index contributed by atoms with van der Waals surface area (Å²) in [6.45, 7) is 1.01. The second kappa shape index (κ2) is 6.72. The molecule has 6 heteroatoms. The lowest BCUT2D eigenvalue weighted by Crippen LogP contribution is -2.45. The maximum atomic E-state index is 8.83. The third-order valence-electron chi connectivity index (χ3n) is 3.48. The van der Waals surface area contributed by atoms with Crippen molar-refractivity contribution in [1.29, 1.82) is 0 Å². The van der Waals surface area contributed by atoms with Crippen molar-refractivity contribution in [2.24, 2.45) is 5.73 Å². The third kappa shape index (κ3) is 3.44. The molecule has 0 aliphatic heterocycles. The number of nitrogens with one attached hydrogen (secondary N) is 1. The maximum absolute atomic E-state index is 8.83. The molecule has 1 aliphatic rings. The largest absolute Gasteiger partial charge is 0.396 e. The lowest BCUT2D eigenvalue weighted by atomic mass is 9.81. The van der Waals surface area contributed by atoms with Gasteiger partial charge in [-0.15, -0.1) is 0 Å². The zero-order chi connectivity index (χ0) is 12.8. The average Bonchev–Trinajstić information content (AvgIpc) is 2.40. The van der Waals surface area contributed by atoms with Gasteiger partial charge in [-0.2, -0.15) is 0 Å². The van der Waals surface area contributed by atoms with Crippen LogP contribution in [0.2, 0.25) is 0 Å². The van der Waals surface area contributed by atoms with E-state index in [1.54, 1.807) is 12.7 Å². The van der Waals surface area contributed by atoms with Crippen LogP contribution in [0.5, 0.6) is 0 Å². The summed E-state index contributed by atoms with van der Waals surface area (Å²) >= 11 is 0. The highest BCUT2D eigenvalue weighted by Crippen LogP contribution is 2.30. The zero-order valence-corrected chi connectivity index (χ0v) is 10.5. The van der Waals surface area contributed by atoms with Gasteiger partial charge in [-0.05, 0) is 32.2 Å². The minimum absolute atomic E-state index is 0.211.